The van der Waals surface area contributed by atoms with Gasteiger partial charge in [0.15, 0.2) is 0 Å². The van der Waals surface area contributed by atoms with Gasteiger partial charge < -0.3 is 20.1 Å². The predicted octanol–water partition coefficient (Wildman–Crippen LogP) is 2.28. The number of anilines is 1. The second-order valence-electron chi connectivity index (χ2n) is 5.45. The zero-order chi connectivity index (χ0) is 15.7. The third-order valence-corrected chi connectivity index (χ3v) is 2.77. The molecule has 0 aliphatic heterocycles. The van der Waals surface area contributed by atoms with Crippen LogP contribution in [0.25, 0.3) is 0 Å². The summed E-state index contributed by atoms with van der Waals surface area (Å²) in [6, 6.07) is 7.50. The Balaban J connectivity index is 2.30. The lowest BCUT2D eigenvalue weighted by Gasteiger charge is -2.16. The molecule has 1 aromatic carbocycles. The molecule has 21 heavy (non-hydrogen) atoms. The first-order valence-corrected chi connectivity index (χ1v) is 7.27. The molecular weight excluding hydrogens is 268 g/mol. The van der Waals surface area contributed by atoms with Crippen LogP contribution in [0.2, 0.25) is 0 Å². The lowest BCUT2D eigenvalue weighted by molar-refractivity contribution is -0.120. The van der Waals surface area contributed by atoms with E-state index < -0.39 is 0 Å². The molecule has 0 fully saturated rings. The van der Waals surface area contributed by atoms with Gasteiger partial charge in [0.05, 0.1) is 25.9 Å². The monoisotopic (exact) mass is 294 g/mol. The number of ether oxygens (including phenoxy) is 2. The molecule has 118 valence electrons. The molecule has 2 N–H and O–H groups in total. The van der Waals surface area contributed by atoms with Crippen molar-refractivity contribution in [1.29, 1.82) is 0 Å². The summed E-state index contributed by atoms with van der Waals surface area (Å²) in [4.78, 5) is 11.9. The zero-order valence-corrected chi connectivity index (χ0v) is 13.3. The second kappa shape index (κ2) is 9.23. The van der Waals surface area contributed by atoms with Gasteiger partial charge in [0.1, 0.15) is 5.75 Å². The number of hydrogen-bond donors (Lipinski definition) is 2. The summed E-state index contributed by atoms with van der Waals surface area (Å²) in [5, 5.41) is 5.96. The molecule has 0 spiro atoms. The molecule has 1 aromatic rings. The average molecular weight is 294 g/mol. The van der Waals surface area contributed by atoms with E-state index in [-0.39, 0.29) is 18.5 Å². The highest BCUT2D eigenvalue weighted by atomic mass is 16.5. The van der Waals surface area contributed by atoms with Gasteiger partial charge in [0.2, 0.25) is 5.91 Å². The molecule has 5 nitrogen and oxygen atoms in total. The molecule has 1 rings (SSSR count). The van der Waals surface area contributed by atoms with E-state index in [1.165, 1.54) is 0 Å². The normalized spacial score (nSPS) is 12.0. The van der Waals surface area contributed by atoms with Crippen LogP contribution in [-0.4, -0.2) is 38.8 Å². The molecule has 5 heteroatoms. The first-order valence-electron chi connectivity index (χ1n) is 7.27. The maximum absolute atomic E-state index is 11.9. The van der Waals surface area contributed by atoms with E-state index in [0.29, 0.717) is 19.1 Å². The van der Waals surface area contributed by atoms with E-state index in [9.17, 15) is 4.79 Å². The molecular formula is C16H26N2O3. The Morgan fingerprint density at radius 3 is 2.57 bits per heavy atom. The summed E-state index contributed by atoms with van der Waals surface area (Å²) in [5.41, 5.74) is 0.805. The number of carbonyl (C=O) groups excluding carboxylic acids is 1. The molecule has 0 bridgehead atoms. The van der Waals surface area contributed by atoms with Crippen molar-refractivity contribution in [1.82, 2.24) is 5.32 Å². The highest BCUT2D eigenvalue weighted by molar-refractivity contribution is 5.81. The number of methoxy groups -OCH3 is 1. The van der Waals surface area contributed by atoms with Crippen molar-refractivity contribution in [2.75, 3.05) is 32.2 Å². The van der Waals surface area contributed by atoms with Crippen LogP contribution in [0.4, 0.5) is 5.69 Å². The minimum absolute atomic E-state index is 0.00396. The summed E-state index contributed by atoms with van der Waals surface area (Å²) >= 11 is 0. The van der Waals surface area contributed by atoms with Gasteiger partial charge in [-0.3, -0.25) is 4.79 Å². The van der Waals surface area contributed by atoms with Crippen molar-refractivity contribution in [3.63, 3.8) is 0 Å². The Kier molecular flexibility index (Phi) is 7.61. The molecule has 1 amide bonds. The van der Waals surface area contributed by atoms with Gasteiger partial charge in [-0.1, -0.05) is 26.0 Å². The molecule has 1 atom stereocenters. The summed E-state index contributed by atoms with van der Waals surface area (Å²) in [6.45, 7) is 7.56. The standard InChI is InChI=1S/C16H26N2O3/c1-12(2)10-21-11-13(3)18-16(19)9-17-14-7-5-6-8-15(14)20-4/h5-8,12-13,17H,9-11H2,1-4H3,(H,18,19). The minimum Gasteiger partial charge on any atom is -0.495 e. The van der Waals surface area contributed by atoms with Crippen molar-refractivity contribution >= 4 is 11.6 Å². The van der Waals surface area contributed by atoms with E-state index in [1.54, 1.807) is 7.11 Å². The van der Waals surface area contributed by atoms with E-state index in [4.69, 9.17) is 9.47 Å². The summed E-state index contributed by atoms with van der Waals surface area (Å²) in [6.07, 6.45) is 0. The highest BCUT2D eigenvalue weighted by Crippen LogP contribution is 2.22. The van der Waals surface area contributed by atoms with Gasteiger partial charge >= 0.3 is 0 Å². The maximum Gasteiger partial charge on any atom is 0.239 e. The number of hydrogen-bond acceptors (Lipinski definition) is 4. The number of amides is 1. The van der Waals surface area contributed by atoms with E-state index >= 15 is 0 Å². The number of nitrogens with one attached hydrogen (secondary N) is 2. The lowest BCUT2D eigenvalue weighted by Crippen LogP contribution is -2.39. The van der Waals surface area contributed by atoms with Crippen molar-refractivity contribution in [2.45, 2.75) is 26.8 Å². The van der Waals surface area contributed by atoms with Crippen LogP contribution >= 0.6 is 0 Å². The summed E-state index contributed by atoms with van der Waals surface area (Å²) in [7, 11) is 1.61. The van der Waals surface area contributed by atoms with Crippen molar-refractivity contribution < 1.29 is 14.3 Å². The molecule has 0 radical (unpaired) electrons. The van der Waals surface area contributed by atoms with Crippen molar-refractivity contribution in [3.05, 3.63) is 24.3 Å². The lowest BCUT2D eigenvalue weighted by atomic mass is 10.2. The van der Waals surface area contributed by atoms with Crippen LogP contribution in [-0.2, 0) is 9.53 Å². The third-order valence-electron chi connectivity index (χ3n) is 2.77. The van der Waals surface area contributed by atoms with Gasteiger partial charge in [0, 0.05) is 12.6 Å². The largest absolute Gasteiger partial charge is 0.495 e. The zero-order valence-electron chi connectivity index (χ0n) is 13.3. The van der Waals surface area contributed by atoms with Gasteiger partial charge in [-0.2, -0.15) is 0 Å². The molecule has 0 aliphatic rings. The average Bonchev–Trinajstić information content (AvgIpc) is 2.45. The number of rotatable bonds is 9. The van der Waals surface area contributed by atoms with Crippen LogP contribution in [0.1, 0.15) is 20.8 Å². The van der Waals surface area contributed by atoms with Crippen LogP contribution in [0.15, 0.2) is 24.3 Å². The fourth-order valence-corrected chi connectivity index (χ4v) is 1.81. The SMILES string of the molecule is COc1ccccc1NCC(=O)NC(C)COCC(C)C. The van der Waals surface area contributed by atoms with Crippen molar-refractivity contribution in [3.8, 4) is 5.75 Å². The molecule has 1 unspecified atom stereocenters. The topological polar surface area (TPSA) is 59.6 Å². The van der Waals surface area contributed by atoms with Crippen LogP contribution in [0, 0.1) is 5.92 Å². The van der Waals surface area contributed by atoms with E-state index in [2.05, 4.69) is 24.5 Å². The van der Waals surface area contributed by atoms with Crippen LogP contribution in [0.5, 0.6) is 5.75 Å². The number of carbonyl (C=O) groups is 1. The first-order chi connectivity index (χ1) is 10.0. The smallest absolute Gasteiger partial charge is 0.239 e. The van der Waals surface area contributed by atoms with E-state index in [0.717, 1.165) is 11.4 Å². The molecule has 0 saturated heterocycles. The summed E-state index contributed by atoms with van der Waals surface area (Å²) in [5.74, 6) is 1.15. The number of benzene rings is 1. The Morgan fingerprint density at radius 2 is 1.90 bits per heavy atom. The predicted molar refractivity (Wildman–Crippen MR) is 84.7 cm³/mol. The fourth-order valence-electron chi connectivity index (χ4n) is 1.81. The Bertz CT molecular complexity index is 435. The van der Waals surface area contributed by atoms with Gasteiger partial charge in [-0.15, -0.1) is 0 Å². The Hall–Kier alpha value is -1.75. The van der Waals surface area contributed by atoms with Crippen molar-refractivity contribution in [2.24, 2.45) is 5.92 Å². The van der Waals surface area contributed by atoms with Gasteiger partial charge in [0.25, 0.3) is 0 Å². The molecule has 0 heterocycles. The summed E-state index contributed by atoms with van der Waals surface area (Å²) < 4.78 is 10.7. The molecule has 0 aromatic heterocycles. The highest BCUT2D eigenvalue weighted by Gasteiger charge is 2.09. The third kappa shape index (κ3) is 6.99. The number of para-hydroxylation sites is 2. The minimum atomic E-state index is -0.0680. The van der Waals surface area contributed by atoms with Gasteiger partial charge in [-0.25, -0.2) is 0 Å². The fraction of sp³-hybridized carbons (Fsp3) is 0.562. The quantitative estimate of drug-likeness (QED) is 0.733. The van der Waals surface area contributed by atoms with Gasteiger partial charge in [-0.05, 0) is 25.0 Å². The maximum atomic E-state index is 11.9. The van der Waals surface area contributed by atoms with E-state index in [1.807, 2.05) is 31.2 Å². The second-order valence-corrected chi connectivity index (χ2v) is 5.45. The first kappa shape index (κ1) is 17.3. The molecule has 0 aliphatic carbocycles. The van der Waals surface area contributed by atoms with Crippen LogP contribution in [0.3, 0.4) is 0 Å². The Labute approximate surface area is 127 Å². The molecule has 0 saturated carbocycles. The Morgan fingerprint density at radius 1 is 1.19 bits per heavy atom. The van der Waals surface area contributed by atoms with Crippen LogP contribution < -0.4 is 15.4 Å².